The second-order valence-electron chi connectivity index (χ2n) is 4.90. The standard InChI is InChI=1S/C18H17Cl2NO2S/c1-2-9-23-16-7-5-15(6-8-16)21-18(22)12-24-11-13-3-4-14(19)10-17(13)20/h2-8,10H,1,9,11-12H2,(H,21,22). The van der Waals surface area contributed by atoms with Gasteiger partial charge in [0.1, 0.15) is 12.4 Å². The summed E-state index contributed by atoms with van der Waals surface area (Å²) < 4.78 is 5.39. The number of amides is 1. The van der Waals surface area contributed by atoms with E-state index in [0.29, 0.717) is 28.2 Å². The number of anilines is 1. The van der Waals surface area contributed by atoms with Crippen LogP contribution in [-0.2, 0) is 10.5 Å². The number of benzene rings is 2. The molecule has 0 saturated carbocycles. The van der Waals surface area contributed by atoms with Crippen molar-refractivity contribution in [3.8, 4) is 5.75 Å². The van der Waals surface area contributed by atoms with Crippen LogP contribution in [0, 0.1) is 0 Å². The predicted molar refractivity (Wildman–Crippen MR) is 103 cm³/mol. The van der Waals surface area contributed by atoms with E-state index in [1.807, 2.05) is 6.07 Å². The molecular formula is C18H17Cl2NO2S. The maximum Gasteiger partial charge on any atom is 0.234 e. The van der Waals surface area contributed by atoms with Crippen molar-refractivity contribution < 1.29 is 9.53 Å². The molecule has 2 rings (SSSR count). The maximum atomic E-state index is 12.0. The third kappa shape index (κ3) is 6.11. The number of carbonyl (C=O) groups excluding carboxylic acids is 1. The van der Waals surface area contributed by atoms with Gasteiger partial charge in [-0.05, 0) is 42.0 Å². The van der Waals surface area contributed by atoms with Gasteiger partial charge in [-0.1, -0.05) is 41.9 Å². The molecule has 126 valence electrons. The van der Waals surface area contributed by atoms with Gasteiger partial charge in [0, 0.05) is 21.5 Å². The Balaban J connectivity index is 1.77. The summed E-state index contributed by atoms with van der Waals surface area (Å²) in [6, 6.07) is 12.6. The van der Waals surface area contributed by atoms with Crippen molar-refractivity contribution in [3.05, 3.63) is 70.7 Å². The molecule has 0 aliphatic rings. The first-order chi connectivity index (χ1) is 11.6. The quantitative estimate of drug-likeness (QED) is 0.619. The van der Waals surface area contributed by atoms with Gasteiger partial charge in [0.2, 0.25) is 5.91 Å². The highest BCUT2D eigenvalue weighted by Crippen LogP contribution is 2.24. The van der Waals surface area contributed by atoms with Gasteiger partial charge in [0.15, 0.2) is 0 Å². The topological polar surface area (TPSA) is 38.3 Å². The highest BCUT2D eigenvalue weighted by atomic mass is 35.5. The van der Waals surface area contributed by atoms with Crippen LogP contribution in [0.3, 0.4) is 0 Å². The van der Waals surface area contributed by atoms with Crippen LogP contribution < -0.4 is 10.1 Å². The van der Waals surface area contributed by atoms with E-state index in [4.69, 9.17) is 27.9 Å². The molecule has 0 atom stereocenters. The molecule has 2 aromatic rings. The molecular weight excluding hydrogens is 365 g/mol. The number of nitrogens with one attached hydrogen (secondary N) is 1. The molecule has 0 saturated heterocycles. The Kier molecular flexibility index (Phi) is 7.50. The van der Waals surface area contributed by atoms with Gasteiger partial charge in [0.25, 0.3) is 0 Å². The van der Waals surface area contributed by atoms with E-state index in [2.05, 4.69) is 11.9 Å². The zero-order valence-electron chi connectivity index (χ0n) is 12.9. The van der Waals surface area contributed by atoms with Crippen LogP contribution >= 0.6 is 35.0 Å². The van der Waals surface area contributed by atoms with Gasteiger partial charge in [-0.3, -0.25) is 4.79 Å². The van der Waals surface area contributed by atoms with E-state index < -0.39 is 0 Å². The fraction of sp³-hybridized carbons (Fsp3) is 0.167. The molecule has 24 heavy (non-hydrogen) atoms. The first kappa shape index (κ1) is 18.7. The predicted octanol–water partition coefficient (Wildman–Crippen LogP) is 5.43. The summed E-state index contributed by atoms with van der Waals surface area (Å²) in [7, 11) is 0. The minimum Gasteiger partial charge on any atom is -0.490 e. The molecule has 1 amide bonds. The lowest BCUT2D eigenvalue weighted by atomic mass is 10.2. The Bertz CT molecular complexity index is 705. The molecule has 0 heterocycles. The summed E-state index contributed by atoms with van der Waals surface area (Å²) in [5.41, 5.74) is 1.69. The third-order valence-electron chi connectivity index (χ3n) is 3.01. The Hall–Kier alpha value is -1.62. The van der Waals surface area contributed by atoms with Gasteiger partial charge in [0.05, 0.1) is 5.75 Å². The van der Waals surface area contributed by atoms with Crippen molar-refractivity contribution in [1.82, 2.24) is 0 Å². The second kappa shape index (κ2) is 9.62. The highest BCUT2D eigenvalue weighted by Gasteiger charge is 2.06. The van der Waals surface area contributed by atoms with Crippen molar-refractivity contribution in [2.75, 3.05) is 17.7 Å². The molecule has 0 unspecified atom stereocenters. The average Bonchev–Trinajstić information content (AvgIpc) is 2.56. The van der Waals surface area contributed by atoms with E-state index in [1.54, 1.807) is 42.5 Å². The van der Waals surface area contributed by atoms with Crippen molar-refractivity contribution >= 4 is 46.6 Å². The van der Waals surface area contributed by atoms with E-state index in [1.165, 1.54) is 11.8 Å². The number of ether oxygens (including phenoxy) is 1. The highest BCUT2D eigenvalue weighted by molar-refractivity contribution is 7.99. The molecule has 2 aromatic carbocycles. The summed E-state index contributed by atoms with van der Waals surface area (Å²) in [6.45, 7) is 4.05. The van der Waals surface area contributed by atoms with Crippen LogP contribution in [0.1, 0.15) is 5.56 Å². The molecule has 0 radical (unpaired) electrons. The summed E-state index contributed by atoms with van der Waals surface area (Å²) in [6.07, 6.45) is 1.68. The van der Waals surface area contributed by atoms with Crippen molar-refractivity contribution in [3.63, 3.8) is 0 Å². The fourth-order valence-electron chi connectivity index (χ4n) is 1.88. The first-order valence-electron chi connectivity index (χ1n) is 7.24. The molecule has 0 spiro atoms. The molecule has 0 aromatic heterocycles. The van der Waals surface area contributed by atoms with Crippen molar-refractivity contribution in [1.29, 1.82) is 0 Å². The van der Waals surface area contributed by atoms with E-state index in [9.17, 15) is 4.79 Å². The van der Waals surface area contributed by atoms with Crippen LogP contribution in [0.15, 0.2) is 55.1 Å². The molecule has 3 nitrogen and oxygen atoms in total. The molecule has 6 heteroatoms. The number of halogens is 2. The van der Waals surface area contributed by atoms with Crippen LogP contribution in [0.2, 0.25) is 10.0 Å². The van der Waals surface area contributed by atoms with Crippen molar-refractivity contribution in [2.24, 2.45) is 0 Å². The first-order valence-corrected chi connectivity index (χ1v) is 9.15. The van der Waals surface area contributed by atoms with Crippen LogP contribution in [-0.4, -0.2) is 18.3 Å². The lowest BCUT2D eigenvalue weighted by Gasteiger charge is -2.08. The lowest BCUT2D eigenvalue weighted by molar-refractivity contribution is -0.113. The Morgan fingerprint density at radius 1 is 1.21 bits per heavy atom. The van der Waals surface area contributed by atoms with Crippen LogP contribution in [0.5, 0.6) is 5.75 Å². The van der Waals surface area contributed by atoms with Gasteiger partial charge in [-0.25, -0.2) is 0 Å². The Morgan fingerprint density at radius 3 is 2.62 bits per heavy atom. The SMILES string of the molecule is C=CCOc1ccc(NC(=O)CSCc2ccc(Cl)cc2Cl)cc1. The number of thioether (sulfide) groups is 1. The fourth-order valence-corrected chi connectivity index (χ4v) is 3.26. The third-order valence-corrected chi connectivity index (χ3v) is 4.58. The molecule has 0 aliphatic carbocycles. The van der Waals surface area contributed by atoms with Gasteiger partial charge < -0.3 is 10.1 Å². The lowest BCUT2D eigenvalue weighted by Crippen LogP contribution is -2.14. The van der Waals surface area contributed by atoms with Crippen LogP contribution in [0.4, 0.5) is 5.69 Å². The Labute approximate surface area is 156 Å². The van der Waals surface area contributed by atoms with Crippen molar-refractivity contribution in [2.45, 2.75) is 5.75 Å². The largest absolute Gasteiger partial charge is 0.490 e. The zero-order valence-corrected chi connectivity index (χ0v) is 15.3. The molecule has 0 fully saturated rings. The maximum absolute atomic E-state index is 12.0. The number of carbonyl (C=O) groups is 1. The average molecular weight is 382 g/mol. The normalized spacial score (nSPS) is 10.2. The summed E-state index contributed by atoms with van der Waals surface area (Å²) >= 11 is 13.5. The molecule has 0 aliphatic heterocycles. The summed E-state index contributed by atoms with van der Waals surface area (Å²) in [4.78, 5) is 12.0. The van der Waals surface area contributed by atoms with E-state index in [-0.39, 0.29) is 5.91 Å². The van der Waals surface area contributed by atoms with Gasteiger partial charge in [-0.15, -0.1) is 11.8 Å². The molecule has 1 N–H and O–H groups in total. The number of hydrogen-bond acceptors (Lipinski definition) is 3. The van der Waals surface area contributed by atoms with E-state index >= 15 is 0 Å². The smallest absolute Gasteiger partial charge is 0.234 e. The second-order valence-corrected chi connectivity index (χ2v) is 6.73. The van der Waals surface area contributed by atoms with Gasteiger partial charge in [-0.2, -0.15) is 0 Å². The molecule has 0 bridgehead atoms. The summed E-state index contributed by atoms with van der Waals surface area (Å²) in [5, 5.41) is 4.07. The number of rotatable bonds is 8. The minimum absolute atomic E-state index is 0.0650. The summed E-state index contributed by atoms with van der Waals surface area (Å²) in [5.74, 6) is 1.66. The monoisotopic (exact) mass is 381 g/mol. The zero-order chi connectivity index (χ0) is 17.4. The van der Waals surface area contributed by atoms with Gasteiger partial charge >= 0.3 is 0 Å². The Morgan fingerprint density at radius 2 is 1.96 bits per heavy atom. The van der Waals surface area contributed by atoms with Crippen LogP contribution in [0.25, 0.3) is 0 Å². The number of hydrogen-bond donors (Lipinski definition) is 1. The minimum atomic E-state index is -0.0650. The van der Waals surface area contributed by atoms with E-state index in [0.717, 1.165) is 17.0 Å².